The lowest BCUT2D eigenvalue weighted by molar-refractivity contribution is 0.274. The summed E-state index contributed by atoms with van der Waals surface area (Å²) in [6, 6.07) is 3.78. The van der Waals surface area contributed by atoms with Gasteiger partial charge in [0.25, 0.3) is 0 Å². The third kappa shape index (κ3) is 6.38. The van der Waals surface area contributed by atoms with Gasteiger partial charge in [-0.25, -0.2) is 4.98 Å². The van der Waals surface area contributed by atoms with Crippen LogP contribution in [0.15, 0.2) is 12.1 Å². The van der Waals surface area contributed by atoms with Crippen molar-refractivity contribution in [1.29, 1.82) is 0 Å². The second-order valence-corrected chi connectivity index (χ2v) is 5.67. The first kappa shape index (κ1) is 17.0. The number of aromatic nitrogens is 1. The van der Waals surface area contributed by atoms with Gasteiger partial charge in [0.1, 0.15) is 0 Å². The molecule has 0 aliphatic heterocycles. The largest absolute Gasteiger partial charge is 0.478 e. The predicted molar refractivity (Wildman–Crippen MR) is 83.1 cm³/mol. The van der Waals surface area contributed by atoms with Crippen molar-refractivity contribution in [2.45, 2.75) is 71.8 Å². The molecular formula is C17H29NO2. The van der Waals surface area contributed by atoms with E-state index in [4.69, 9.17) is 4.74 Å². The van der Waals surface area contributed by atoms with Crippen LogP contribution in [0, 0.1) is 0 Å². The Hall–Kier alpha value is -1.09. The van der Waals surface area contributed by atoms with Crippen LogP contribution in [0.2, 0.25) is 0 Å². The number of aliphatic hydroxyl groups is 1. The van der Waals surface area contributed by atoms with Crippen LogP contribution in [-0.4, -0.2) is 16.7 Å². The first-order chi connectivity index (χ1) is 9.67. The lowest BCUT2D eigenvalue weighted by atomic mass is 10.1. The molecule has 1 heterocycles. The Bertz CT molecular complexity index is 377. The van der Waals surface area contributed by atoms with E-state index < -0.39 is 0 Å². The molecule has 114 valence electrons. The zero-order valence-corrected chi connectivity index (χ0v) is 13.2. The van der Waals surface area contributed by atoms with E-state index in [2.05, 4.69) is 25.8 Å². The third-order valence-corrected chi connectivity index (χ3v) is 3.40. The van der Waals surface area contributed by atoms with Crippen molar-refractivity contribution in [2.24, 2.45) is 0 Å². The maximum absolute atomic E-state index is 9.28. The highest BCUT2D eigenvalue weighted by Gasteiger charge is 2.06. The number of unbranched alkanes of at least 4 members (excludes halogenated alkanes) is 5. The Labute approximate surface area is 123 Å². The summed E-state index contributed by atoms with van der Waals surface area (Å²) in [5, 5.41) is 9.28. The molecule has 0 unspecified atom stereocenters. The number of hydrogen-bond donors (Lipinski definition) is 1. The van der Waals surface area contributed by atoms with E-state index in [0.29, 0.717) is 18.4 Å². The molecule has 1 aromatic heterocycles. The summed E-state index contributed by atoms with van der Waals surface area (Å²) in [4.78, 5) is 4.49. The molecule has 0 radical (unpaired) electrons. The predicted octanol–water partition coefficient (Wildman–Crippen LogP) is 4.44. The quantitative estimate of drug-likeness (QED) is 0.644. The Balaban J connectivity index is 2.37. The monoisotopic (exact) mass is 279 g/mol. The average Bonchev–Trinajstić information content (AvgIpc) is 2.46. The van der Waals surface area contributed by atoms with Gasteiger partial charge in [-0.15, -0.1) is 0 Å². The van der Waals surface area contributed by atoms with Gasteiger partial charge in [-0.2, -0.15) is 0 Å². The Morgan fingerprint density at radius 3 is 2.45 bits per heavy atom. The Morgan fingerprint density at radius 2 is 1.80 bits per heavy atom. The van der Waals surface area contributed by atoms with E-state index in [0.717, 1.165) is 17.7 Å². The van der Waals surface area contributed by atoms with Crippen LogP contribution >= 0.6 is 0 Å². The summed E-state index contributed by atoms with van der Waals surface area (Å²) >= 11 is 0. The van der Waals surface area contributed by atoms with E-state index >= 15 is 0 Å². The van der Waals surface area contributed by atoms with Crippen molar-refractivity contribution in [3.8, 4) is 5.88 Å². The van der Waals surface area contributed by atoms with E-state index in [1.165, 1.54) is 32.1 Å². The van der Waals surface area contributed by atoms with Gasteiger partial charge in [-0.3, -0.25) is 0 Å². The van der Waals surface area contributed by atoms with Gasteiger partial charge in [-0.05, 0) is 24.0 Å². The molecule has 0 atom stereocenters. The van der Waals surface area contributed by atoms with Crippen molar-refractivity contribution < 1.29 is 9.84 Å². The molecule has 0 aromatic carbocycles. The summed E-state index contributed by atoms with van der Waals surface area (Å²) in [7, 11) is 0. The van der Waals surface area contributed by atoms with Crippen LogP contribution in [0.3, 0.4) is 0 Å². The van der Waals surface area contributed by atoms with E-state index in [1.807, 2.05) is 12.1 Å². The van der Waals surface area contributed by atoms with Gasteiger partial charge in [0.2, 0.25) is 5.88 Å². The highest BCUT2D eigenvalue weighted by atomic mass is 16.5. The van der Waals surface area contributed by atoms with Crippen LogP contribution in [0.5, 0.6) is 5.88 Å². The standard InChI is InChI=1S/C17H29NO2/c1-4-5-6-7-8-9-10-20-17-12-15(13-19)11-16(18-17)14(2)3/h11-12,14,19H,4-10,13H2,1-3H3. The highest BCUT2D eigenvalue weighted by Crippen LogP contribution is 2.19. The second-order valence-electron chi connectivity index (χ2n) is 5.67. The molecule has 20 heavy (non-hydrogen) atoms. The van der Waals surface area contributed by atoms with Crippen molar-refractivity contribution >= 4 is 0 Å². The van der Waals surface area contributed by atoms with Crippen LogP contribution in [-0.2, 0) is 6.61 Å². The third-order valence-electron chi connectivity index (χ3n) is 3.40. The van der Waals surface area contributed by atoms with Crippen LogP contribution in [0.1, 0.15) is 76.5 Å². The van der Waals surface area contributed by atoms with Crippen LogP contribution in [0.4, 0.5) is 0 Å². The average molecular weight is 279 g/mol. The van der Waals surface area contributed by atoms with E-state index in [9.17, 15) is 5.11 Å². The molecule has 3 nitrogen and oxygen atoms in total. The molecule has 0 aliphatic rings. The highest BCUT2D eigenvalue weighted by molar-refractivity contribution is 5.26. The summed E-state index contributed by atoms with van der Waals surface area (Å²) in [5.41, 5.74) is 1.86. The molecular weight excluding hydrogens is 250 g/mol. The number of ether oxygens (including phenoxy) is 1. The minimum atomic E-state index is 0.0373. The van der Waals surface area contributed by atoms with Crippen LogP contribution < -0.4 is 4.74 Å². The fraction of sp³-hybridized carbons (Fsp3) is 0.706. The second kappa shape index (κ2) is 9.76. The lowest BCUT2D eigenvalue weighted by Gasteiger charge is -2.11. The molecule has 3 heteroatoms. The smallest absolute Gasteiger partial charge is 0.213 e. The molecule has 1 aromatic rings. The summed E-state index contributed by atoms with van der Waals surface area (Å²) in [6.07, 6.45) is 7.53. The molecule has 0 aliphatic carbocycles. The minimum Gasteiger partial charge on any atom is -0.478 e. The maximum atomic E-state index is 9.28. The van der Waals surface area contributed by atoms with Gasteiger partial charge in [-0.1, -0.05) is 52.9 Å². The van der Waals surface area contributed by atoms with Crippen LogP contribution in [0.25, 0.3) is 0 Å². The van der Waals surface area contributed by atoms with Crippen molar-refractivity contribution in [3.05, 3.63) is 23.4 Å². The maximum Gasteiger partial charge on any atom is 0.213 e. The zero-order chi connectivity index (χ0) is 14.8. The number of hydrogen-bond acceptors (Lipinski definition) is 3. The molecule has 1 rings (SSSR count). The number of pyridine rings is 1. The van der Waals surface area contributed by atoms with Crippen molar-refractivity contribution in [1.82, 2.24) is 4.98 Å². The normalized spacial score (nSPS) is 11.1. The van der Waals surface area contributed by atoms with Gasteiger partial charge < -0.3 is 9.84 Å². The number of aliphatic hydroxyl groups excluding tert-OH is 1. The Morgan fingerprint density at radius 1 is 1.10 bits per heavy atom. The zero-order valence-electron chi connectivity index (χ0n) is 13.2. The molecule has 0 saturated carbocycles. The van der Waals surface area contributed by atoms with Crippen molar-refractivity contribution in [2.75, 3.05) is 6.61 Å². The first-order valence-corrected chi connectivity index (χ1v) is 7.91. The summed E-state index contributed by atoms with van der Waals surface area (Å²) < 4.78 is 5.72. The molecule has 0 saturated heterocycles. The number of rotatable bonds is 10. The van der Waals surface area contributed by atoms with E-state index in [1.54, 1.807) is 0 Å². The van der Waals surface area contributed by atoms with Gasteiger partial charge in [0.05, 0.1) is 13.2 Å². The number of nitrogens with zero attached hydrogens (tertiary/aromatic N) is 1. The first-order valence-electron chi connectivity index (χ1n) is 7.91. The van der Waals surface area contributed by atoms with Crippen molar-refractivity contribution in [3.63, 3.8) is 0 Å². The SMILES string of the molecule is CCCCCCCCOc1cc(CO)cc(C(C)C)n1. The molecule has 0 spiro atoms. The molecule has 0 fully saturated rings. The fourth-order valence-corrected chi connectivity index (χ4v) is 2.10. The topological polar surface area (TPSA) is 42.4 Å². The summed E-state index contributed by atoms with van der Waals surface area (Å²) in [5.74, 6) is 0.992. The molecule has 1 N–H and O–H groups in total. The summed E-state index contributed by atoms with van der Waals surface area (Å²) in [6.45, 7) is 7.18. The van der Waals surface area contributed by atoms with E-state index in [-0.39, 0.29) is 6.61 Å². The van der Waals surface area contributed by atoms with Gasteiger partial charge >= 0.3 is 0 Å². The minimum absolute atomic E-state index is 0.0373. The lowest BCUT2D eigenvalue weighted by Crippen LogP contribution is -2.03. The van der Waals surface area contributed by atoms with Gasteiger partial charge in [0, 0.05) is 11.8 Å². The fourth-order valence-electron chi connectivity index (χ4n) is 2.10. The molecule has 0 amide bonds. The molecule has 0 bridgehead atoms. The Kier molecular flexibility index (Phi) is 8.28. The van der Waals surface area contributed by atoms with Gasteiger partial charge in [0.15, 0.2) is 0 Å².